The lowest BCUT2D eigenvalue weighted by Gasteiger charge is -2.24. The monoisotopic (exact) mass is 395 g/mol. The average Bonchev–Trinajstić information content (AvgIpc) is 3.26. The van der Waals surface area contributed by atoms with E-state index in [1.807, 2.05) is 24.4 Å². The molecule has 4 N–H and O–H groups in total. The largest absolute Gasteiger partial charge is 0.370 e. The average molecular weight is 395 g/mol. The van der Waals surface area contributed by atoms with Crippen LogP contribution in [0.3, 0.4) is 0 Å². The first-order valence-corrected chi connectivity index (χ1v) is 9.62. The summed E-state index contributed by atoms with van der Waals surface area (Å²) in [5.74, 6) is 1.04. The van der Waals surface area contributed by atoms with Gasteiger partial charge in [-0.2, -0.15) is 0 Å². The molecule has 2 aromatic heterocycles. The van der Waals surface area contributed by atoms with Crippen LogP contribution in [0.4, 0.5) is 10.2 Å². The Bertz CT molecular complexity index is 864. The van der Waals surface area contributed by atoms with Crippen LogP contribution in [-0.2, 0) is 13.0 Å². The van der Waals surface area contributed by atoms with Gasteiger partial charge in [0.1, 0.15) is 11.6 Å². The number of hydrogen-bond acceptors (Lipinski definition) is 4. The van der Waals surface area contributed by atoms with Crippen LogP contribution in [0.15, 0.2) is 66.2 Å². The molecule has 3 rings (SSSR count). The summed E-state index contributed by atoms with van der Waals surface area (Å²) in [7, 11) is 0. The number of nitrogens with one attached hydrogen (secondary N) is 2. The van der Waals surface area contributed by atoms with Crippen LogP contribution < -0.4 is 16.0 Å². The van der Waals surface area contributed by atoms with Crippen molar-refractivity contribution in [3.8, 4) is 0 Å². The van der Waals surface area contributed by atoms with Gasteiger partial charge in [0, 0.05) is 44.3 Å². The Hall–Kier alpha value is -3.42. The van der Waals surface area contributed by atoms with E-state index in [9.17, 15) is 4.39 Å². The number of aromatic amines is 1. The first-order chi connectivity index (χ1) is 14.2. The van der Waals surface area contributed by atoms with Gasteiger partial charge in [-0.25, -0.2) is 14.4 Å². The summed E-state index contributed by atoms with van der Waals surface area (Å²) in [4.78, 5) is 18.0. The van der Waals surface area contributed by atoms with Crippen LogP contribution in [-0.4, -0.2) is 40.5 Å². The molecule has 152 valence electrons. The van der Waals surface area contributed by atoms with Crippen molar-refractivity contribution in [2.24, 2.45) is 10.7 Å². The zero-order chi connectivity index (χ0) is 20.3. The number of nitrogens with zero attached hydrogens (tertiary/aromatic N) is 4. The zero-order valence-corrected chi connectivity index (χ0v) is 16.3. The van der Waals surface area contributed by atoms with Gasteiger partial charge in [0.05, 0.1) is 6.33 Å². The van der Waals surface area contributed by atoms with Gasteiger partial charge >= 0.3 is 0 Å². The van der Waals surface area contributed by atoms with Gasteiger partial charge in [0.15, 0.2) is 5.96 Å². The van der Waals surface area contributed by atoms with Crippen molar-refractivity contribution < 1.29 is 4.39 Å². The summed E-state index contributed by atoms with van der Waals surface area (Å²) in [5.41, 5.74) is 8.08. The topological polar surface area (TPSA) is 95.2 Å². The zero-order valence-electron chi connectivity index (χ0n) is 16.3. The number of aliphatic imine (C=N–C) groups is 1. The number of rotatable bonds is 10. The number of anilines is 1. The number of H-pyrrole nitrogens is 1. The van der Waals surface area contributed by atoms with E-state index in [0.717, 1.165) is 29.9 Å². The van der Waals surface area contributed by atoms with E-state index in [0.29, 0.717) is 32.1 Å². The van der Waals surface area contributed by atoms with E-state index in [1.165, 1.54) is 12.1 Å². The highest BCUT2D eigenvalue weighted by molar-refractivity contribution is 5.77. The lowest BCUT2D eigenvalue weighted by atomic mass is 10.2. The Labute approximate surface area is 169 Å². The Morgan fingerprint density at radius 2 is 2.07 bits per heavy atom. The Morgan fingerprint density at radius 1 is 1.21 bits per heavy atom. The SMILES string of the molecule is NC(=NCCCc1cnc[nH]1)NCCN(Cc1ccc(F)cc1)c1ccccn1. The molecular weight excluding hydrogens is 369 g/mol. The van der Waals surface area contributed by atoms with Crippen LogP contribution in [0.2, 0.25) is 0 Å². The van der Waals surface area contributed by atoms with E-state index in [2.05, 4.69) is 30.2 Å². The van der Waals surface area contributed by atoms with Gasteiger partial charge in [-0.05, 0) is 42.7 Å². The first-order valence-electron chi connectivity index (χ1n) is 9.62. The van der Waals surface area contributed by atoms with Crippen molar-refractivity contribution in [2.75, 3.05) is 24.5 Å². The minimum atomic E-state index is -0.240. The van der Waals surface area contributed by atoms with Gasteiger partial charge in [-0.1, -0.05) is 18.2 Å². The molecule has 0 aliphatic rings. The molecule has 0 saturated heterocycles. The fraction of sp³-hybridized carbons (Fsp3) is 0.286. The van der Waals surface area contributed by atoms with Crippen molar-refractivity contribution in [1.82, 2.24) is 20.3 Å². The quantitative estimate of drug-likeness (QED) is 0.278. The maximum Gasteiger partial charge on any atom is 0.188 e. The van der Waals surface area contributed by atoms with E-state index < -0.39 is 0 Å². The van der Waals surface area contributed by atoms with Crippen molar-refractivity contribution in [1.29, 1.82) is 0 Å². The third-order valence-corrected chi connectivity index (χ3v) is 4.39. The van der Waals surface area contributed by atoms with Gasteiger partial charge < -0.3 is 20.9 Å². The second-order valence-corrected chi connectivity index (χ2v) is 6.61. The molecule has 0 saturated carbocycles. The maximum atomic E-state index is 13.2. The van der Waals surface area contributed by atoms with Crippen LogP contribution in [0.1, 0.15) is 17.7 Å². The number of nitrogens with two attached hydrogens (primary N) is 1. The van der Waals surface area contributed by atoms with Crippen LogP contribution in [0.5, 0.6) is 0 Å². The molecule has 8 heteroatoms. The normalized spacial score (nSPS) is 11.4. The van der Waals surface area contributed by atoms with Crippen molar-refractivity contribution in [2.45, 2.75) is 19.4 Å². The Kier molecular flexibility index (Phi) is 7.56. The molecule has 0 radical (unpaired) electrons. The number of guanidine groups is 1. The number of benzene rings is 1. The second-order valence-electron chi connectivity index (χ2n) is 6.61. The third kappa shape index (κ3) is 6.91. The number of hydrogen-bond donors (Lipinski definition) is 3. The van der Waals surface area contributed by atoms with Crippen LogP contribution in [0.25, 0.3) is 0 Å². The van der Waals surface area contributed by atoms with E-state index in [4.69, 9.17) is 5.73 Å². The predicted molar refractivity (Wildman–Crippen MR) is 113 cm³/mol. The first kappa shape index (κ1) is 20.3. The van der Waals surface area contributed by atoms with E-state index in [-0.39, 0.29) is 5.82 Å². The van der Waals surface area contributed by atoms with Crippen molar-refractivity contribution >= 4 is 11.8 Å². The number of halogens is 1. The molecule has 29 heavy (non-hydrogen) atoms. The van der Waals surface area contributed by atoms with E-state index in [1.54, 1.807) is 24.7 Å². The third-order valence-electron chi connectivity index (χ3n) is 4.39. The predicted octanol–water partition coefficient (Wildman–Crippen LogP) is 2.49. The van der Waals surface area contributed by atoms with Crippen LogP contribution >= 0.6 is 0 Å². The highest BCUT2D eigenvalue weighted by Gasteiger charge is 2.09. The summed E-state index contributed by atoms with van der Waals surface area (Å²) in [6.07, 6.45) is 7.04. The number of aryl methyl sites for hydroxylation is 1. The van der Waals surface area contributed by atoms with Gasteiger partial charge in [-0.3, -0.25) is 4.99 Å². The molecule has 0 unspecified atom stereocenters. The van der Waals surface area contributed by atoms with Gasteiger partial charge in [0.2, 0.25) is 0 Å². The number of imidazole rings is 1. The standard InChI is InChI=1S/C21H26FN7/c22-18-8-6-17(7-9-18)15-29(20-5-1-2-10-25-20)13-12-27-21(23)26-11-3-4-19-14-24-16-28-19/h1-2,5-10,14,16H,3-4,11-13,15H2,(H,24,28)(H3,23,26,27). The molecule has 3 aromatic rings. The molecule has 0 aliphatic heterocycles. The number of pyridine rings is 1. The molecule has 2 heterocycles. The number of aromatic nitrogens is 3. The maximum absolute atomic E-state index is 13.2. The smallest absolute Gasteiger partial charge is 0.188 e. The molecule has 7 nitrogen and oxygen atoms in total. The molecule has 0 amide bonds. The summed E-state index contributed by atoms with van der Waals surface area (Å²) in [6.45, 7) is 2.57. The second kappa shape index (κ2) is 10.8. The molecule has 0 fully saturated rings. The van der Waals surface area contributed by atoms with Crippen molar-refractivity contribution in [3.05, 3.63) is 78.3 Å². The minimum Gasteiger partial charge on any atom is -0.370 e. The van der Waals surface area contributed by atoms with E-state index >= 15 is 0 Å². The van der Waals surface area contributed by atoms with Gasteiger partial charge in [0.25, 0.3) is 0 Å². The highest BCUT2D eigenvalue weighted by Crippen LogP contribution is 2.14. The molecule has 0 spiro atoms. The lowest BCUT2D eigenvalue weighted by molar-refractivity contribution is 0.626. The highest BCUT2D eigenvalue weighted by atomic mass is 19.1. The summed E-state index contributed by atoms with van der Waals surface area (Å²) in [5, 5.41) is 3.15. The van der Waals surface area contributed by atoms with Crippen LogP contribution in [0, 0.1) is 5.82 Å². The molecule has 0 atom stereocenters. The molecule has 0 bridgehead atoms. The fourth-order valence-corrected chi connectivity index (χ4v) is 2.89. The van der Waals surface area contributed by atoms with Crippen molar-refractivity contribution in [3.63, 3.8) is 0 Å². The minimum absolute atomic E-state index is 0.240. The lowest BCUT2D eigenvalue weighted by Crippen LogP contribution is -2.38. The Morgan fingerprint density at radius 3 is 2.79 bits per heavy atom. The van der Waals surface area contributed by atoms with Gasteiger partial charge in [-0.15, -0.1) is 0 Å². The summed E-state index contributed by atoms with van der Waals surface area (Å²) < 4.78 is 13.2. The molecule has 1 aromatic carbocycles. The summed E-state index contributed by atoms with van der Waals surface area (Å²) >= 11 is 0. The fourth-order valence-electron chi connectivity index (χ4n) is 2.89. The molecular formula is C21H26FN7. The molecule has 0 aliphatic carbocycles. The summed E-state index contributed by atoms with van der Waals surface area (Å²) in [6, 6.07) is 12.3. The Balaban J connectivity index is 1.48.